The molecular weight excluding hydrogens is 560 g/mol. The first-order chi connectivity index (χ1) is 20.8. The van der Waals surface area contributed by atoms with Crippen LogP contribution in [-0.2, 0) is 14.3 Å². The summed E-state index contributed by atoms with van der Waals surface area (Å²) in [4.78, 5) is 53.6. The Hall–Kier alpha value is -4.41. The van der Waals surface area contributed by atoms with Crippen LogP contribution >= 0.6 is 0 Å². The number of H-pyrrole nitrogens is 1. The fourth-order valence-electron chi connectivity index (χ4n) is 5.42. The van der Waals surface area contributed by atoms with Gasteiger partial charge in [-0.25, -0.2) is 19.6 Å². The highest BCUT2D eigenvalue weighted by molar-refractivity contribution is 5.92. The SMILES string of the molecule is CC(C)(C)OC(=O)N1CC[C@H](C(=O)Nc2ccc(-c3ccc(-c4cnc([C@@H]5CCCN5C(=O)OC(C)(C)C)[nH]4)cc3)cn2)C1. The van der Waals surface area contributed by atoms with Gasteiger partial charge in [0.15, 0.2) is 0 Å². The third kappa shape index (κ3) is 7.56. The van der Waals surface area contributed by atoms with Gasteiger partial charge < -0.3 is 24.7 Å². The molecule has 11 heteroatoms. The number of amides is 3. The summed E-state index contributed by atoms with van der Waals surface area (Å²) in [5.74, 6) is 0.743. The van der Waals surface area contributed by atoms with E-state index < -0.39 is 17.3 Å². The largest absolute Gasteiger partial charge is 0.444 e. The molecule has 2 N–H and O–H groups in total. The average molecular weight is 603 g/mol. The van der Waals surface area contributed by atoms with Gasteiger partial charge in [-0.05, 0) is 84.1 Å². The maximum atomic E-state index is 12.8. The summed E-state index contributed by atoms with van der Waals surface area (Å²) >= 11 is 0. The van der Waals surface area contributed by atoms with E-state index in [-0.39, 0.29) is 24.0 Å². The molecule has 3 aromatic rings. The van der Waals surface area contributed by atoms with E-state index in [9.17, 15) is 14.4 Å². The molecule has 5 rings (SSSR count). The van der Waals surface area contributed by atoms with E-state index in [1.165, 1.54) is 0 Å². The van der Waals surface area contributed by atoms with Gasteiger partial charge in [0.25, 0.3) is 0 Å². The van der Waals surface area contributed by atoms with Crippen molar-refractivity contribution in [3.63, 3.8) is 0 Å². The number of carbonyl (C=O) groups excluding carboxylic acids is 3. The molecule has 3 amide bonds. The lowest BCUT2D eigenvalue weighted by atomic mass is 10.0. The Labute approximate surface area is 258 Å². The Bertz CT molecular complexity index is 1490. The number of anilines is 1. The fraction of sp³-hybridized carbons (Fsp3) is 0.485. The van der Waals surface area contributed by atoms with Crippen molar-refractivity contribution in [2.75, 3.05) is 25.0 Å². The van der Waals surface area contributed by atoms with Crippen molar-refractivity contribution in [1.82, 2.24) is 24.8 Å². The van der Waals surface area contributed by atoms with Gasteiger partial charge in [-0.15, -0.1) is 0 Å². The number of likely N-dealkylation sites (tertiary alicyclic amines) is 2. The van der Waals surface area contributed by atoms with Crippen molar-refractivity contribution in [3.05, 3.63) is 54.6 Å². The lowest BCUT2D eigenvalue weighted by Crippen LogP contribution is -2.36. The number of nitrogens with one attached hydrogen (secondary N) is 2. The first kappa shape index (κ1) is 31.0. The van der Waals surface area contributed by atoms with E-state index >= 15 is 0 Å². The highest BCUT2D eigenvalue weighted by atomic mass is 16.6. The van der Waals surface area contributed by atoms with E-state index in [0.717, 1.165) is 41.1 Å². The van der Waals surface area contributed by atoms with Crippen molar-refractivity contribution in [2.45, 2.75) is 78.0 Å². The molecule has 11 nitrogen and oxygen atoms in total. The zero-order valence-electron chi connectivity index (χ0n) is 26.3. The second-order valence-electron chi connectivity index (χ2n) is 13.4. The number of carbonyl (C=O) groups is 3. The van der Waals surface area contributed by atoms with Crippen LogP contribution in [0.4, 0.5) is 15.4 Å². The van der Waals surface area contributed by atoms with Crippen LogP contribution in [0.25, 0.3) is 22.4 Å². The number of benzene rings is 1. The average Bonchev–Trinajstić information content (AvgIpc) is 3.72. The maximum Gasteiger partial charge on any atom is 0.410 e. The predicted molar refractivity (Wildman–Crippen MR) is 167 cm³/mol. The number of aromatic nitrogens is 3. The normalized spacial score (nSPS) is 18.8. The quantitative estimate of drug-likeness (QED) is 0.345. The van der Waals surface area contributed by atoms with E-state index in [1.807, 2.05) is 71.9 Å². The third-order valence-electron chi connectivity index (χ3n) is 7.55. The first-order valence-corrected chi connectivity index (χ1v) is 15.2. The summed E-state index contributed by atoms with van der Waals surface area (Å²) in [5, 5.41) is 2.87. The molecule has 2 atom stereocenters. The molecule has 0 radical (unpaired) electrons. The van der Waals surface area contributed by atoms with Crippen molar-refractivity contribution < 1.29 is 23.9 Å². The van der Waals surface area contributed by atoms with Gasteiger partial charge >= 0.3 is 12.2 Å². The summed E-state index contributed by atoms with van der Waals surface area (Å²) < 4.78 is 11.0. The minimum Gasteiger partial charge on any atom is -0.444 e. The van der Waals surface area contributed by atoms with Crippen LogP contribution in [-0.4, -0.2) is 73.7 Å². The number of rotatable bonds is 5. The van der Waals surface area contributed by atoms with Crippen LogP contribution in [0.2, 0.25) is 0 Å². The van der Waals surface area contributed by atoms with Crippen molar-refractivity contribution >= 4 is 23.9 Å². The zero-order chi connectivity index (χ0) is 31.6. The standard InChI is InChI=1S/C33H42N6O5/c1-32(2,3)43-30(41)38-17-15-24(20-38)29(40)37-27-14-13-23(18-34-27)21-9-11-22(12-10-21)25-19-35-28(36-25)26-8-7-16-39(26)31(42)44-33(4,5)6/h9-14,18-19,24,26H,7-8,15-17,20H2,1-6H3,(H,35,36)(H,34,37,40)/t24-,26-/m0/s1. The highest BCUT2D eigenvalue weighted by Crippen LogP contribution is 2.33. The molecular formula is C33H42N6O5. The molecule has 0 spiro atoms. The molecule has 234 valence electrons. The monoisotopic (exact) mass is 602 g/mol. The summed E-state index contributed by atoms with van der Waals surface area (Å²) in [6, 6.07) is 11.6. The van der Waals surface area contributed by atoms with E-state index in [0.29, 0.717) is 31.9 Å². The van der Waals surface area contributed by atoms with Gasteiger partial charge in [0.1, 0.15) is 22.8 Å². The number of aromatic amines is 1. The van der Waals surface area contributed by atoms with Crippen LogP contribution in [0.1, 0.15) is 72.7 Å². The molecule has 1 aromatic carbocycles. The Balaban J connectivity index is 1.17. The van der Waals surface area contributed by atoms with E-state index in [2.05, 4.69) is 20.3 Å². The van der Waals surface area contributed by atoms with Gasteiger partial charge in [0.05, 0.1) is 23.9 Å². The van der Waals surface area contributed by atoms with Gasteiger partial charge in [0, 0.05) is 31.4 Å². The lowest BCUT2D eigenvalue weighted by Gasteiger charge is -2.27. The zero-order valence-corrected chi connectivity index (χ0v) is 26.3. The van der Waals surface area contributed by atoms with Crippen LogP contribution in [0.3, 0.4) is 0 Å². The fourth-order valence-corrected chi connectivity index (χ4v) is 5.42. The number of pyridine rings is 1. The summed E-state index contributed by atoms with van der Waals surface area (Å²) in [6.45, 7) is 12.5. The first-order valence-electron chi connectivity index (χ1n) is 15.2. The van der Waals surface area contributed by atoms with Gasteiger partial charge in [-0.1, -0.05) is 24.3 Å². The number of imidazole rings is 1. The molecule has 0 saturated carbocycles. The van der Waals surface area contributed by atoms with E-state index in [1.54, 1.807) is 28.3 Å². The number of nitrogens with zero attached hydrogens (tertiary/aromatic N) is 4. The highest BCUT2D eigenvalue weighted by Gasteiger charge is 2.35. The molecule has 2 aliphatic heterocycles. The van der Waals surface area contributed by atoms with Crippen LogP contribution in [0, 0.1) is 5.92 Å². The van der Waals surface area contributed by atoms with Gasteiger partial charge in [0.2, 0.25) is 5.91 Å². The molecule has 2 aliphatic rings. The predicted octanol–water partition coefficient (Wildman–Crippen LogP) is 6.41. The summed E-state index contributed by atoms with van der Waals surface area (Å²) in [6.07, 6.45) is 5.13. The topological polar surface area (TPSA) is 130 Å². The number of ether oxygens (including phenoxy) is 2. The number of hydrogen-bond acceptors (Lipinski definition) is 7. The number of hydrogen-bond donors (Lipinski definition) is 2. The lowest BCUT2D eigenvalue weighted by molar-refractivity contribution is -0.119. The van der Waals surface area contributed by atoms with Gasteiger partial charge in [-0.3, -0.25) is 9.69 Å². The smallest absolute Gasteiger partial charge is 0.410 e. The molecule has 44 heavy (non-hydrogen) atoms. The molecule has 0 unspecified atom stereocenters. The van der Waals surface area contributed by atoms with E-state index in [4.69, 9.17) is 9.47 Å². The van der Waals surface area contributed by atoms with Gasteiger partial charge in [-0.2, -0.15) is 0 Å². The third-order valence-corrected chi connectivity index (χ3v) is 7.55. The molecule has 4 heterocycles. The Kier molecular flexibility index (Phi) is 8.67. The molecule has 2 saturated heterocycles. The molecule has 0 aliphatic carbocycles. The van der Waals surface area contributed by atoms with Crippen molar-refractivity contribution in [3.8, 4) is 22.4 Å². The summed E-state index contributed by atoms with van der Waals surface area (Å²) in [7, 11) is 0. The second-order valence-corrected chi connectivity index (χ2v) is 13.4. The van der Waals surface area contributed by atoms with Crippen molar-refractivity contribution in [1.29, 1.82) is 0 Å². The Morgan fingerprint density at radius 3 is 2.14 bits per heavy atom. The van der Waals surface area contributed by atoms with Crippen LogP contribution in [0.15, 0.2) is 48.8 Å². The van der Waals surface area contributed by atoms with Crippen molar-refractivity contribution in [2.24, 2.45) is 5.92 Å². The maximum absolute atomic E-state index is 12.8. The minimum atomic E-state index is -0.575. The molecule has 2 aromatic heterocycles. The second kappa shape index (κ2) is 12.3. The molecule has 2 fully saturated rings. The molecule has 0 bridgehead atoms. The van der Waals surface area contributed by atoms with Crippen LogP contribution < -0.4 is 5.32 Å². The summed E-state index contributed by atoms with van der Waals surface area (Å²) in [5.41, 5.74) is 2.62. The van der Waals surface area contributed by atoms with Crippen LogP contribution in [0.5, 0.6) is 0 Å². The minimum absolute atomic E-state index is 0.138. The Morgan fingerprint density at radius 1 is 0.818 bits per heavy atom. The Morgan fingerprint density at radius 2 is 1.48 bits per heavy atom.